The van der Waals surface area contributed by atoms with Crippen LogP contribution in [0.1, 0.15) is 67.5 Å². The van der Waals surface area contributed by atoms with Gasteiger partial charge in [-0.15, -0.1) is 5.10 Å². The number of aliphatic hydroxyl groups excluding tert-OH is 1. The van der Waals surface area contributed by atoms with Crippen LogP contribution in [0.4, 0.5) is 0 Å². The highest BCUT2D eigenvalue weighted by Crippen LogP contribution is 2.46. The fourth-order valence-corrected chi connectivity index (χ4v) is 5.60. The van der Waals surface area contributed by atoms with E-state index in [0.29, 0.717) is 6.54 Å². The maximum Gasteiger partial charge on any atom is 0.107 e. The van der Waals surface area contributed by atoms with Crippen molar-refractivity contribution in [3.8, 4) is 11.1 Å². The van der Waals surface area contributed by atoms with Crippen LogP contribution >= 0.6 is 11.6 Å². The first-order chi connectivity index (χ1) is 14.7. The van der Waals surface area contributed by atoms with Gasteiger partial charge in [-0.1, -0.05) is 43.0 Å². The standard InChI is InChI=1S/C24H27ClN4O/c25-17-8-6-7-16(13-17)21-18-9-2-1-3-10-19(18)27-23(22(21)20-14-26-29-28-20)24(15-30)11-4-5-12-24/h6-8,13,30H,1-5,9-12,14-15H2. The molecular formula is C24H27ClN4O. The highest BCUT2D eigenvalue weighted by molar-refractivity contribution is 6.31. The molecule has 0 amide bonds. The van der Waals surface area contributed by atoms with Crippen molar-refractivity contribution in [1.82, 2.24) is 4.98 Å². The Labute approximate surface area is 182 Å². The van der Waals surface area contributed by atoms with Gasteiger partial charge in [-0.05, 0) is 72.6 Å². The Kier molecular flexibility index (Phi) is 5.42. The van der Waals surface area contributed by atoms with E-state index in [2.05, 4.69) is 21.5 Å². The van der Waals surface area contributed by atoms with Gasteiger partial charge in [0.2, 0.25) is 0 Å². The summed E-state index contributed by atoms with van der Waals surface area (Å²) < 4.78 is 0. The lowest BCUT2D eigenvalue weighted by atomic mass is 9.76. The van der Waals surface area contributed by atoms with Crippen molar-refractivity contribution < 1.29 is 5.11 Å². The Morgan fingerprint density at radius 3 is 2.57 bits per heavy atom. The van der Waals surface area contributed by atoms with E-state index in [1.165, 1.54) is 23.2 Å². The van der Waals surface area contributed by atoms with Crippen LogP contribution in [0.5, 0.6) is 0 Å². The van der Waals surface area contributed by atoms with Gasteiger partial charge in [0.25, 0.3) is 0 Å². The Balaban J connectivity index is 1.85. The second-order valence-electron chi connectivity index (χ2n) is 8.79. The molecule has 1 fully saturated rings. The van der Waals surface area contributed by atoms with Crippen LogP contribution in [-0.4, -0.2) is 29.0 Å². The van der Waals surface area contributed by atoms with Crippen LogP contribution in [0.3, 0.4) is 0 Å². The molecule has 0 saturated heterocycles. The third kappa shape index (κ3) is 3.38. The first-order valence-corrected chi connectivity index (χ1v) is 11.5. The predicted octanol–water partition coefficient (Wildman–Crippen LogP) is 5.64. The molecule has 1 aliphatic heterocycles. The number of pyridine rings is 1. The Hall–Kier alpha value is -2.11. The fraction of sp³-hybridized carbons (Fsp3) is 0.500. The van der Waals surface area contributed by atoms with Crippen LogP contribution in [-0.2, 0) is 18.3 Å². The summed E-state index contributed by atoms with van der Waals surface area (Å²) in [6.07, 6.45) is 9.67. The highest BCUT2D eigenvalue weighted by Gasteiger charge is 2.41. The first kappa shape index (κ1) is 19.8. The molecule has 0 bridgehead atoms. The van der Waals surface area contributed by atoms with Crippen molar-refractivity contribution >= 4 is 17.3 Å². The number of aromatic nitrogens is 1. The molecule has 2 heterocycles. The molecule has 5 rings (SSSR count). The molecule has 1 N–H and O–H groups in total. The lowest BCUT2D eigenvalue weighted by Crippen LogP contribution is -2.32. The molecule has 5 nitrogen and oxygen atoms in total. The van der Waals surface area contributed by atoms with E-state index in [4.69, 9.17) is 16.6 Å². The van der Waals surface area contributed by atoms with E-state index >= 15 is 0 Å². The topological polar surface area (TPSA) is 70.2 Å². The maximum atomic E-state index is 10.6. The average molecular weight is 423 g/mol. The number of aryl methyl sites for hydroxylation is 1. The Morgan fingerprint density at radius 1 is 1.00 bits per heavy atom. The van der Waals surface area contributed by atoms with Gasteiger partial charge >= 0.3 is 0 Å². The summed E-state index contributed by atoms with van der Waals surface area (Å²) in [5.41, 5.74) is 7.38. The normalized spacial score (nSPS) is 20.1. The molecule has 6 heteroatoms. The molecule has 30 heavy (non-hydrogen) atoms. The summed E-state index contributed by atoms with van der Waals surface area (Å²) in [6, 6.07) is 8.09. The zero-order chi connectivity index (χ0) is 20.6. The van der Waals surface area contributed by atoms with Gasteiger partial charge in [-0.25, -0.2) is 0 Å². The molecule has 0 unspecified atom stereocenters. The number of rotatable bonds is 4. The second-order valence-corrected chi connectivity index (χ2v) is 9.22. The molecule has 2 aliphatic carbocycles. The molecule has 1 saturated carbocycles. The lowest BCUT2D eigenvalue weighted by molar-refractivity contribution is 0.192. The Bertz CT molecular complexity index is 1020. The molecule has 0 radical (unpaired) electrons. The van der Waals surface area contributed by atoms with Crippen LogP contribution in [0.15, 0.2) is 39.7 Å². The van der Waals surface area contributed by atoms with Crippen LogP contribution in [0.25, 0.3) is 11.1 Å². The molecular weight excluding hydrogens is 396 g/mol. The smallest absolute Gasteiger partial charge is 0.107 e. The zero-order valence-electron chi connectivity index (χ0n) is 17.2. The number of hydrogen-bond donors (Lipinski definition) is 1. The van der Waals surface area contributed by atoms with E-state index in [1.54, 1.807) is 0 Å². The van der Waals surface area contributed by atoms with Gasteiger partial charge in [0.1, 0.15) is 6.54 Å². The van der Waals surface area contributed by atoms with E-state index in [-0.39, 0.29) is 12.0 Å². The summed E-state index contributed by atoms with van der Waals surface area (Å²) in [6.45, 7) is 0.574. The molecule has 2 aromatic rings. The molecule has 156 valence electrons. The number of benzene rings is 1. The minimum atomic E-state index is -0.310. The SMILES string of the molecule is OCC1(c2nc3c(c(-c4cccc(Cl)c4)c2C2=NN=NC2)CCCCC3)CCCC1. The quantitative estimate of drug-likeness (QED) is 0.647. The Morgan fingerprint density at radius 2 is 1.83 bits per heavy atom. The summed E-state index contributed by atoms with van der Waals surface area (Å²) in [4.78, 5) is 5.29. The number of hydrogen-bond acceptors (Lipinski definition) is 5. The summed E-state index contributed by atoms with van der Waals surface area (Å²) in [7, 11) is 0. The first-order valence-electron chi connectivity index (χ1n) is 11.1. The summed E-state index contributed by atoms with van der Waals surface area (Å²) in [5, 5.41) is 23.8. The second kappa shape index (κ2) is 8.20. The molecule has 0 atom stereocenters. The van der Waals surface area contributed by atoms with Crippen molar-refractivity contribution in [3.05, 3.63) is 51.8 Å². The van der Waals surface area contributed by atoms with Gasteiger partial charge in [0.15, 0.2) is 0 Å². The number of nitrogens with zero attached hydrogens (tertiary/aromatic N) is 4. The van der Waals surface area contributed by atoms with Gasteiger partial charge in [-0.2, -0.15) is 5.11 Å². The van der Waals surface area contributed by atoms with Crippen LogP contribution in [0.2, 0.25) is 5.02 Å². The van der Waals surface area contributed by atoms with Gasteiger partial charge in [0, 0.05) is 21.7 Å². The number of aliphatic hydroxyl groups is 1. The van der Waals surface area contributed by atoms with Crippen molar-refractivity contribution in [2.24, 2.45) is 15.4 Å². The third-order valence-corrected chi connectivity index (χ3v) is 7.18. The van der Waals surface area contributed by atoms with Gasteiger partial charge in [-0.3, -0.25) is 4.98 Å². The third-order valence-electron chi connectivity index (χ3n) is 6.94. The van der Waals surface area contributed by atoms with E-state index in [0.717, 1.165) is 78.9 Å². The van der Waals surface area contributed by atoms with E-state index in [1.807, 2.05) is 18.2 Å². The van der Waals surface area contributed by atoms with Crippen molar-refractivity contribution in [2.75, 3.05) is 13.2 Å². The lowest BCUT2D eigenvalue weighted by Gasteiger charge is -2.31. The van der Waals surface area contributed by atoms with E-state index in [9.17, 15) is 5.11 Å². The average Bonchev–Trinajstić information content (AvgIpc) is 3.41. The minimum Gasteiger partial charge on any atom is -0.395 e. The van der Waals surface area contributed by atoms with Gasteiger partial charge < -0.3 is 5.11 Å². The molecule has 3 aliphatic rings. The summed E-state index contributed by atoms with van der Waals surface area (Å²) in [5.74, 6) is 0. The minimum absolute atomic E-state index is 0.113. The largest absolute Gasteiger partial charge is 0.395 e. The molecule has 0 spiro atoms. The van der Waals surface area contributed by atoms with Crippen molar-refractivity contribution in [1.29, 1.82) is 0 Å². The van der Waals surface area contributed by atoms with Gasteiger partial charge in [0.05, 0.1) is 18.0 Å². The summed E-state index contributed by atoms with van der Waals surface area (Å²) >= 11 is 6.42. The van der Waals surface area contributed by atoms with Crippen molar-refractivity contribution in [3.63, 3.8) is 0 Å². The number of fused-ring (bicyclic) bond motifs is 1. The highest BCUT2D eigenvalue weighted by atomic mass is 35.5. The number of halogens is 1. The monoisotopic (exact) mass is 422 g/mol. The predicted molar refractivity (Wildman–Crippen MR) is 119 cm³/mol. The fourth-order valence-electron chi connectivity index (χ4n) is 5.41. The zero-order valence-corrected chi connectivity index (χ0v) is 18.0. The van der Waals surface area contributed by atoms with Crippen molar-refractivity contribution in [2.45, 2.75) is 63.2 Å². The molecule has 1 aromatic heterocycles. The van der Waals surface area contributed by atoms with Crippen LogP contribution in [0, 0.1) is 0 Å². The van der Waals surface area contributed by atoms with Crippen LogP contribution < -0.4 is 0 Å². The molecule has 1 aromatic carbocycles. The maximum absolute atomic E-state index is 10.6. The van der Waals surface area contributed by atoms with E-state index < -0.39 is 0 Å².